The van der Waals surface area contributed by atoms with E-state index in [1.165, 1.54) is 17.7 Å². The quantitative estimate of drug-likeness (QED) is 0.157. The van der Waals surface area contributed by atoms with E-state index in [0.29, 0.717) is 26.1 Å². The number of fused-ring (bicyclic) bond motifs is 1. The van der Waals surface area contributed by atoms with Crippen LogP contribution >= 0.6 is 0 Å². The zero-order valence-electron chi connectivity index (χ0n) is 25.2. The maximum atomic E-state index is 13.2. The Morgan fingerprint density at radius 3 is 2.57 bits per heavy atom. The summed E-state index contributed by atoms with van der Waals surface area (Å²) in [6, 6.07) is 8.65. The molecule has 0 bridgehead atoms. The van der Waals surface area contributed by atoms with Crippen molar-refractivity contribution in [2.45, 2.75) is 102 Å². The summed E-state index contributed by atoms with van der Waals surface area (Å²) >= 11 is 0. The van der Waals surface area contributed by atoms with Gasteiger partial charge in [0.15, 0.2) is 6.29 Å². The van der Waals surface area contributed by atoms with Crippen LogP contribution in [0.15, 0.2) is 55.6 Å². The first-order valence-electron chi connectivity index (χ1n) is 15.5. The highest BCUT2D eigenvalue weighted by Crippen LogP contribution is 2.33. The van der Waals surface area contributed by atoms with Gasteiger partial charge < -0.3 is 34.3 Å². The molecule has 2 aliphatic heterocycles. The van der Waals surface area contributed by atoms with Crippen LogP contribution in [0.1, 0.15) is 70.3 Å². The maximum absolute atomic E-state index is 13.2. The standard InChI is InChI=1S/C33H50N2O7/c1-4-6-7-8-9-10-11-15-20-40-33(38)35(25(3)16-5-2)23-29(36)28(22-26-17-13-12-14-18-26)34-32(37)42-30-24-41-31-27(30)19-21-39-31/h4-5,12-14,17-18,25,27-31,36H,1-2,6-11,15-16,19-24H2,3H3,(H,34,37)/t25?,27-,28-,29+,30-,31+/m0/s1. The number of allylic oxidation sites excluding steroid dienone is 1. The monoisotopic (exact) mass is 586 g/mol. The Balaban J connectivity index is 1.57. The second kappa shape index (κ2) is 18.6. The third kappa shape index (κ3) is 11.1. The predicted octanol–water partition coefficient (Wildman–Crippen LogP) is 5.77. The Morgan fingerprint density at radius 2 is 1.83 bits per heavy atom. The normalized spacial score (nSPS) is 21.5. The number of alkyl carbamates (subject to hydrolysis) is 1. The summed E-state index contributed by atoms with van der Waals surface area (Å²) < 4.78 is 22.4. The number of aliphatic hydroxyl groups is 1. The van der Waals surface area contributed by atoms with Crippen LogP contribution in [0.25, 0.3) is 0 Å². The molecule has 1 aromatic carbocycles. The van der Waals surface area contributed by atoms with Gasteiger partial charge in [-0.1, -0.05) is 68.2 Å². The van der Waals surface area contributed by atoms with Crippen molar-refractivity contribution in [1.29, 1.82) is 0 Å². The lowest BCUT2D eigenvalue weighted by Gasteiger charge is -2.33. The van der Waals surface area contributed by atoms with Crippen molar-refractivity contribution in [2.75, 3.05) is 26.4 Å². The summed E-state index contributed by atoms with van der Waals surface area (Å²) in [5.74, 6) is 0.00974. The van der Waals surface area contributed by atoms with Gasteiger partial charge in [-0.2, -0.15) is 0 Å². The zero-order chi connectivity index (χ0) is 30.2. The number of ether oxygens (including phenoxy) is 4. The summed E-state index contributed by atoms with van der Waals surface area (Å²) in [7, 11) is 0. The van der Waals surface area contributed by atoms with Gasteiger partial charge in [-0.15, -0.1) is 13.2 Å². The molecule has 42 heavy (non-hydrogen) atoms. The molecular weight excluding hydrogens is 536 g/mol. The van der Waals surface area contributed by atoms with Crippen LogP contribution in [0, 0.1) is 5.92 Å². The Hall–Kier alpha value is -2.88. The van der Waals surface area contributed by atoms with Crippen molar-refractivity contribution >= 4 is 12.2 Å². The SMILES string of the molecule is C=CCCCCCCCCOC(=O)N(C[C@@H](O)[C@H](Cc1ccccc1)NC(=O)O[C@H]1CO[C@H]2OCC[C@H]21)C(C)CC=C. The summed E-state index contributed by atoms with van der Waals surface area (Å²) in [5.41, 5.74) is 0.938. The van der Waals surface area contributed by atoms with Crippen molar-refractivity contribution in [3.05, 3.63) is 61.2 Å². The van der Waals surface area contributed by atoms with Crippen molar-refractivity contribution < 1.29 is 33.6 Å². The minimum absolute atomic E-state index is 0.00974. The van der Waals surface area contributed by atoms with Crippen molar-refractivity contribution in [3.63, 3.8) is 0 Å². The van der Waals surface area contributed by atoms with Crippen LogP contribution in [0.4, 0.5) is 9.59 Å². The van der Waals surface area contributed by atoms with Gasteiger partial charge in [0, 0.05) is 6.04 Å². The average Bonchev–Trinajstić information content (AvgIpc) is 3.60. The van der Waals surface area contributed by atoms with E-state index in [2.05, 4.69) is 18.5 Å². The Kier molecular flexibility index (Phi) is 14.9. The number of carbonyl (C=O) groups excluding carboxylic acids is 2. The largest absolute Gasteiger partial charge is 0.449 e. The number of rotatable bonds is 19. The number of carbonyl (C=O) groups is 2. The number of benzene rings is 1. The van der Waals surface area contributed by atoms with Gasteiger partial charge in [0.1, 0.15) is 6.10 Å². The molecule has 2 amide bonds. The van der Waals surface area contributed by atoms with Gasteiger partial charge in [-0.25, -0.2) is 9.59 Å². The number of aliphatic hydroxyl groups excluding tert-OH is 1. The van der Waals surface area contributed by atoms with E-state index in [-0.39, 0.29) is 31.4 Å². The number of unbranched alkanes of at least 4 members (excludes halogenated alkanes) is 6. The fourth-order valence-electron chi connectivity index (χ4n) is 5.49. The smallest absolute Gasteiger partial charge is 0.410 e. The summed E-state index contributed by atoms with van der Waals surface area (Å²) in [5, 5.41) is 14.3. The second-order valence-electron chi connectivity index (χ2n) is 11.3. The summed E-state index contributed by atoms with van der Waals surface area (Å²) in [4.78, 5) is 27.7. The second-order valence-corrected chi connectivity index (χ2v) is 11.3. The number of hydrogen-bond acceptors (Lipinski definition) is 7. The lowest BCUT2D eigenvalue weighted by atomic mass is 10.0. The van der Waals surface area contributed by atoms with Crippen LogP contribution in [-0.4, -0.2) is 79.1 Å². The number of amides is 2. The first-order valence-corrected chi connectivity index (χ1v) is 15.5. The molecular formula is C33H50N2O7. The molecule has 2 heterocycles. The van der Waals surface area contributed by atoms with Crippen LogP contribution in [0.3, 0.4) is 0 Å². The van der Waals surface area contributed by atoms with Crippen molar-refractivity contribution in [3.8, 4) is 0 Å². The molecule has 0 aromatic heterocycles. The number of nitrogens with one attached hydrogen (secondary N) is 1. The highest BCUT2D eigenvalue weighted by atomic mass is 16.7. The molecule has 2 saturated heterocycles. The Bertz CT molecular complexity index is 959. The molecule has 2 fully saturated rings. The van der Waals surface area contributed by atoms with Gasteiger partial charge in [0.05, 0.1) is 44.4 Å². The topological polar surface area (TPSA) is 107 Å². The first-order chi connectivity index (χ1) is 20.4. The molecule has 6 atom stereocenters. The Labute approximate surface area is 251 Å². The fourth-order valence-corrected chi connectivity index (χ4v) is 5.49. The van der Waals surface area contributed by atoms with Crippen molar-refractivity contribution in [2.24, 2.45) is 5.92 Å². The van der Waals surface area contributed by atoms with E-state index < -0.39 is 30.4 Å². The van der Waals surface area contributed by atoms with Crippen molar-refractivity contribution in [1.82, 2.24) is 10.2 Å². The average molecular weight is 587 g/mol. The molecule has 0 aliphatic carbocycles. The lowest BCUT2D eigenvalue weighted by Crippen LogP contribution is -2.53. The Morgan fingerprint density at radius 1 is 1.10 bits per heavy atom. The van der Waals surface area contributed by atoms with Crippen LogP contribution in [0.5, 0.6) is 0 Å². The maximum Gasteiger partial charge on any atom is 0.410 e. The van der Waals surface area contributed by atoms with E-state index in [4.69, 9.17) is 18.9 Å². The van der Waals surface area contributed by atoms with Gasteiger partial charge >= 0.3 is 12.2 Å². The third-order valence-electron chi connectivity index (χ3n) is 8.00. The first kappa shape index (κ1) is 33.6. The molecule has 9 nitrogen and oxygen atoms in total. The van der Waals surface area contributed by atoms with Gasteiger partial charge in [0.25, 0.3) is 0 Å². The van der Waals surface area contributed by atoms with E-state index in [9.17, 15) is 14.7 Å². The molecule has 0 radical (unpaired) electrons. The molecule has 234 valence electrons. The molecule has 2 N–H and O–H groups in total. The molecule has 0 spiro atoms. The molecule has 1 unspecified atom stereocenters. The number of nitrogens with zero attached hydrogens (tertiary/aromatic N) is 1. The third-order valence-corrected chi connectivity index (χ3v) is 8.00. The van der Waals surface area contributed by atoms with Gasteiger partial charge in [-0.05, 0) is 51.0 Å². The van der Waals surface area contributed by atoms with Crippen LogP contribution < -0.4 is 5.32 Å². The van der Waals surface area contributed by atoms with E-state index >= 15 is 0 Å². The highest BCUT2D eigenvalue weighted by molar-refractivity contribution is 5.69. The van der Waals surface area contributed by atoms with E-state index in [1.54, 1.807) is 6.08 Å². The van der Waals surface area contributed by atoms with E-state index in [1.807, 2.05) is 43.3 Å². The minimum atomic E-state index is -1.07. The van der Waals surface area contributed by atoms with Gasteiger partial charge in [-0.3, -0.25) is 0 Å². The van der Waals surface area contributed by atoms with Crippen LogP contribution in [-0.2, 0) is 25.4 Å². The molecule has 9 heteroatoms. The highest BCUT2D eigenvalue weighted by Gasteiger charge is 2.44. The molecule has 3 rings (SSSR count). The molecule has 1 aromatic rings. The molecule has 2 aliphatic rings. The van der Waals surface area contributed by atoms with E-state index in [0.717, 1.165) is 44.1 Å². The number of hydrogen-bond donors (Lipinski definition) is 2. The predicted molar refractivity (Wildman–Crippen MR) is 162 cm³/mol. The lowest BCUT2D eigenvalue weighted by molar-refractivity contribution is -0.0907. The fraction of sp³-hybridized carbons (Fsp3) is 0.636. The summed E-state index contributed by atoms with van der Waals surface area (Å²) in [6.45, 7) is 10.6. The van der Waals surface area contributed by atoms with Crippen LogP contribution in [0.2, 0.25) is 0 Å². The minimum Gasteiger partial charge on any atom is -0.449 e. The van der Waals surface area contributed by atoms with Gasteiger partial charge in [0.2, 0.25) is 0 Å². The summed E-state index contributed by atoms with van der Waals surface area (Å²) in [6.07, 6.45) is 9.91. The molecule has 0 saturated carbocycles. The zero-order valence-corrected chi connectivity index (χ0v) is 25.2.